The molecular weight excluding hydrogens is 231 g/mol. The standard InChI is InChI=1S/C8H15O.Na.H2O4S/c1-2-3-4-5-6-7-8-9;;1-5(2,3)4/h2-7H2,1H3;;(H2,1,2,3,4)/q-1;+1;. The molecule has 86 valence electrons. The van der Waals surface area contributed by atoms with Crippen molar-refractivity contribution < 1.29 is 51.9 Å². The van der Waals surface area contributed by atoms with E-state index < -0.39 is 10.4 Å². The van der Waals surface area contributed by atoms with Crippen molar-refractivity contribution in [3.8, 4) is 0 Å². The SMILES string of the molecule is CCCCCCC[C-]=O.O=S(=O)(O)O.[Na+]. The summed E-state index contributed by atoms with van der Waals surface area (Å²) in [7, 11) is -4.67. The third-order valence-corrected chi connectivity index (χ3v) is 1.38. The van der Waals surface area contributed by atoms with Gasteiger partial charge in [0.1, 0.15) is 0 Å². The van der Waals surface area contributed by atoms with Gasteiger partial charge in [-0.2, -0.15) is 14.8 Å². The average Bonchev–Trinajstić information content (AvgIpc) is 2.01. The predicted octanol–water partition coefficient (Wildman–Crippen LogP) is -1.19. The van der Waals surface area contributed by atoms with Crippen molar-refractivity contribution in [2.45, 2.75) is 45.4 Å². The summed E-state index contributed by atoms with van der Waals surface area (Å²) < 4.78 is 31.6. The van der Waals surface area contributed by atoms with Crippen LogP contribution in [-0.2, 0) is 15.2 Å². The maximum atomic E-state index is 9.71. The van der Waals surface area contributed by atoms with E-state index in [0.29, 0.717) is 6.42 Å². The Morgan fingerprint density at radius 1 is 1.07 bits per heavy atom. The first-order chi connectivity index (χ1) is 6.41. The summed E-state index contributed by atoms with van der Waals surface area (Å²) >= 11 is 0. The molecule has 0 aliphatic carbocycles. The Hall–Kier alpha value is 0.540. The van der Waals surface area contributed by atoms with Crippen molar-refractivity contribution in [1.29, 1.82) is 0 Å². The van der Waals surface area contributed by atoms with Gasteiger partial charge in [-0.25, -0.2) is 0 Å². The predicted molar refractivity (Wildman–Crippen MR) is 53.2 cm³/mol. The summed E-state index contributed by atoms with van der Waals surface area (Å²) in [4.78, 5) is 9.71. The summed E-state index contributed by atoms with van der Waals surface area (Å²) in [6.45, 7) is 2.19. The van der Waals surface area contributed by atoms with Gasteiger partial charge in [0, 0.05) is 0 Å². The first-order valence-corrected chi connectivity index (χ1v) is 5.86. The second kappa shape index (κ2) is 14.5. The van der Waals surface area contributed by atoms with E-state index in [9.17, 15) is 4.79 Å². The molecule has 0 radical (unpaired) electrons. The van der Waals surface area contributed by atoms with Crippen LogP contribution in [0.4, 0.5) is 0 Å². The minimum atomic E-state index is -4.67. The number of carbonyl (C=O) groups excluding carboxylic acids is 1. The van der Waals surface area contributed by atoms with Crippen molar-refractivity contribution >= 4 is 16.7 Å². The van der Waals surface area contributed by atoms with Crippen LogP contribution in [0.3, 0.4) is 0 Å². The first-order valence-electron chi connectivity index (χ1n) is 4.46. The van der Waals surface area contributed by atoms with Crippen molar-refractivity contribution in [3.63, 3.8) is 0 Å². The molecule has 0 amide bonds. The van der Waals surface area contributed by atoms with E-state index in [1.807, 2.05) is 6.29 Å². The van der Waals surface area contributed by atoms with Gasteiger partial charge in [0.05, 0.1) is 0 Å². The molecule has 0 heterocycles. The first kappa shape index (κ1) is 20.9. The van der Waals surface area contributed by atoms with Crippen LogP contribution in [0.1, 0.15) is 45.4 Å². The van der Waals surface area contributed by atoms with Crippen LogP contribution in [-0.4, -0.2) is 23.8 Å². The van der Waals surface area contributed by atoms with Crippen LogP contribution in [0.5, 0.6) is 0 Å². The van der Waals surface area contributed by atoms with E-state index in [2.05, 4.69) is 6.92 Å². The Morgan fingerprint density at radius 3 is 1.80 bits per heavy atom. The summed E-state index contributed by atoms with van der Waals surface area (Å²) in [5, 5.41) is 0. The third kappa shape index (κ3) is 53.5. The van der Waals surface area contributed by atoms with Gasteiger partial charge >= 0.3 is 40.0 Å². The van der Waals surface area contributed by atoms with Gasteiger partial charge in [-0.05, 0) is 0 Å². The van der Waals surface area contributed by atoms with Gasteiger partial charge in [0.2, 0.25) is 0 Å². The van der Waals surface area contributed by atoms with Gasteiger partial charge in [-0.15, -0.1) is 0 Å². The van der Waals surface area contributed by atoms with Crippen LogP contribution in [0.25, 0.3) is 0 Å². The molecule has 0 spiro atoms. The number of rotatable bonds is 6. The minimum Gasteiger partial charge on any atom is -0.542 e. The average molecular weight is 248 g/mol. The third-order valence-electron chi connectivity index (χ3n) is 1.38. The Balaban J connectivity index is -0.000000208. The summed E-state index contributed by atoms with van der Waals surface area (Å²) in [5.74, 6) is 0. The molecule has 5 nitrogen and oxygen atoms in total. The van der Waals surface area contributed by atoms with Crippen molar-refractivity contribution in [2.75, 3.05) is 0 Å². The molecular formula is C8H17NaO5S. The smallest absolute Gasteiger partial charge is 0.542 e. The van der Waals surface area contributed by atoms with Gasteiger partial charge in [-0.3, -0.25) is 15.4 Å². The number of hydrogen-bond donors (Lipinski definition) is 2. The van der Waals surface area contributed by atoms with Crippen LogP contribution in [0, 0.1) is 0 Å². The molecule has 2 N–H and O–H groups in total. The molecule has 0 aromatic heterocycles. The molecule has 0 unspecified atom stereocenters. The van der Waals surface area contributed by atoms with E-state index >= 15 is 0 Å². The molecule has 0 aromatic rings. The maximum absolute atomic E-state index is 9.71. The maximum Gasteiger partial charge on any atom is 1.00 e. The topological polar surface area (TPSA) is 91.7 Å². The van der Waals surface area contributed by atoms with Crippen LogP contribution >= 0.6 is 0 Å². The minimum absolute atomic E-state index is 0. The molecule has 0 saturated heterocycles. The molecule has 7 heteroatoms. The zero-order valence-electron chi connectivity index (χ0n) is 9.27. The fourth-order valence-electron chi connectivity index (χ4n) is 0.801. The molecule has 0 aliphatic heterocycles. The zero-order valence-corrected chi connectivity index (χ0v) is 12.1. The fourth-order valence-corrected chi connectivity index (χ4v) is 0.801. The fraction of sp³-hybridized carbons (Fsp3) is 0.875. The van der Waals surface area contributed by atoms with Gasteiger partial charge in [0.15, 0.2) is 0 Å². The molecule has 0 fully saturated rings. The van der Waals surface area contributed by atoms with Gasteiger partial charge in [-0.1, -0.05) is 39.0 Å². The van der Waals surface area contributed by atoms with Gasteiger partial charge in [0.25, 0.3) is 0 Å². The van der Waals surface area contributed by atoms with Crippen molar-refractivity contribution in [3.05, 3.63) is 0 Å². The summed E-state index contributed by atoms with van der Waals surface area (Å²) in [5.41, 5.74) is 0. The van der Waals surface area contributed by atoms with E-state index in [4.69, 9.17) is 17.5 Å². The summed E-state index contributed by atoms with van der Waals surface area (Å²) in [6, 6.07) is 0. The van der Waals surface area contributed by atoms with E-state index in [0.717, 1.165) is 6.42 Å². The molecule has 15 heavy (non-hydrogen) atoms. The Bertz CT molecular complexity index is 207. The largest absolute Gasteiger partial charge is 1.00 e. The number of hydrogen-bond acceptors (Lipinski definition) is 3. The molecule has 0 aliphatic rings. The molecule has 0 rings (SSSR count). The van der Waals surface area contributed by atoms with E-state index in [-0.39, 0.29) is 29.6 Å². The monoisotopic (exact) mass is 248 g/mol. The van der Waals surface area contributed by atoms with Crippen LogP contribution in [0.2, 0.25) is 0 Å². The zero-order chi connectivity index (χ0) is 11.4. The van der Waals surface area contributed by atoms with Crippen molar-refractivity contribution in [2.24, 2.45) is 0 Å². The number of unbranched alkanes of at least 4 members (excludes halogenated alkanes) is 5. The quantitative estimate of drug-likeness (QED) is 0.267. The van der Waals surface area contributed by atoms with Crippen LogP contribution < -0.4 is 29.6 Å². The van der Waals surface area contributed by atoms with E-state index in [1.54, 1.807) is 0 Å². The van der Waals surface area contributed by atoms with Gasteiger partial charge < -0.3 is 4.79 Å². The molecule has 0 aromatic carbocycles. The Kier molecular flexibility index (Phi) is 20.3. The normalized spacial score (nSPS) is 9.53. The van der Waals surface area contributed by atoms with E-state index in [1.165, 1.54) is 25.7 Å². The molecule has 0 saturated carbocycles. The van der Waals surface area contributed by atoms with Crippen LogP contribution in [0.15, 0.2) is 0 Å². The second-order valence-electron chi connectivity index (χ2n) is 2.76. The second-order valence-corrected chi connectivity index (χ2v) is 3.65. The summed E-state index contributed by atoms with van der Waals surface area (Å²) in [6.07, 6.45) is 8.60. The molecule has 0 bridgehead atoms. The Morgan fingerprint density at radius 2 is 1.47 bits per heavy atom. The molecule has 0 atom stereocenters. The Labute approximate surface area is 114 Å². The van der Waals surface area contributed by atoms with Crippen molar-refractivity contribution in [1.82, 2.24) is 0 Å².